The molecule has 2 rings (SSSR count). The molecule has 1 aromatic rings. The molecule has 106 valence electrons. The SMILES string of the molecule is OC[C@H]1O[C@@H](Oc2ccccc2I)[C@H](O)[C@@H](O)[C@@H]1O. The summed E-state index contributed by atoms with van der Waals surface area (Å²) in [5.74, 6) is 0.493. The molecule has 0 aromatic heterocycles. The van der Waals surface area contributed by atoms with E-state index < -0.39 is 37.3 Å². The first-order valence-corrected chi connectivity index (χ1v) is 6.84. The molecule has 1 saturated heterocycles. The Bertz CT molecular complexity index is 426. The van der Waals surface area contributed by atoms with Crippen LogP contribution in [0.15, 0.2) is 24.3 Å². The van der Waals surface area contributed by atoms with Crippen molar-refractivity contribution in [3.8, 4) is 5.75 Å². The molecule has 0 unspecified atom stereocenters. The van der Waals surface area contributed by atoms with Gasteiger partial charge >= 0.3 is 0 Å². The quantitative estimate of drug-likeness (QED) is 0.525. The van der Waals surface area contributed by atoms with E-state index in [-0.39, 0.29) is 0 Å². The summed E-state index contributed by atoms with van der Waals surface area (Å²) in [4.78, 5) is 0. The molecular weight excluding hydrogens is 367 g/mol. The van der Waals surface area contributed by atoms with Crippen LogP contribution in [0, 0.1) is 3.57 Å². The number of benzene rings is 1. The Morgan fingerprint density at radius 3 is 2.42 bits per heavy atom. The molecule has 1 heterocycles. The van der Waals surface area contributed by atoms with Gasteiger partial charge in [-0.1, -0.05) is 12.1 Å². The highest BCUT2D eigenvalue weighted by Gasteiger charge is 2.44. The molecular formula is C12H15IO6. The highest BCUT2D eigenvalue weighted by molar-refractivity contribution is 14.1. The predicted octanol–water partition coefficient (Wildman–Crippen LogP) is -0.530. The molecule has 0 saturated carbocycles. The van der Waals surface area contributed by atoms with Gasteiger partial charge in [-0.05, 0) is 34.7 Å². The van der Waals surface area contributed by atoms with Gasteiger partial charge in [0.25, 0.3) is 0 Å². The first kappa shape index (κ1) is 14.9. The van der Waals surface area contributed by atoms with Gasteiger partial charge in [-0.15, -0.1) is 0 Å². The minimum Gasteiger partial charge on any atom is -0.461 e. The number of halogens is 1. The first-order valence-electron chi connectivity index (χ1n) is 5.76. The summed E-state index contributed by atoms with van der Waals surface area (Å²) in [5, 5.41) is 38.2. The molecule has 0 spiro atoms. The molecule has 0 aliphatic carbocycles. The molecule has 4 N–H and O–H groups in total. The maximum absolute atomic E-state index is 9.83. The largest absolute Gasteiger partial charge is 0.461 e. The van der Waals surface area contributed by atoms with Crippen molar-refractivity contribution in [3.63, 3.8) is 0 Å². The predicted molar refractivity (Wildman–Crippen MR) is 73.6 cm³/mol. The van der Waals surface area contributed by atoms with Gasteiger partial charge in [0.2, 0.25) is 6.29 Å². The number of aliphatic hydroxyl groups is 4. The molecule has 0 bridgehead atoms. The van der Waals surface area contributed by atoms with Crippen LogP contribution in [-0.4, -0.2) is 57.7 Å². The zero-order valence-corrected chi connectivity index (χ0v) is 12.0. The van der Waals surface area contributed by atoms with Gasteiger partial charge < -0.3 is 29.9 Å². The highest BCUT2D eigenvalue weighted by Crippen LogP contribution is 2.26. The van der Waals surface area contributed by atoms with Gasteiger partial charge in [0.1, 0.15) is 30.2 Å². The second-order valence-electron chi connectivity index (χ2n) is 4.25. The standard InChI is InChI=1S/C12H15IO6/c13-6-3-1-2-4-7(6)18-12-11(17)10(16)9(15)8(5-14)19-12/h1-4,8-12,14-17H,5H2/t8-,9-,10+,11-,12-/m1/s1. The van der Waals surface area contributed by atoms with Crippen molar-refractivity contribution in [1.82, 2.24) is 0 Å². The normalized spacial score (nSPS) is 35.1. The second-order valence-corrected chi connectivity index (χ2v) is 5.41. The average molecular weight is 382 g/mol. The second kappa shape index (κ2) is 6.33. The van der Waals surface area contributed by atoms with E-state index in [1.54, 1.807) is 12.1 Å². The zero-order valence-electron chi connectivity index (χ0n) is 9.89. The van der Waals surface area contributed by atoms with Crippen molar-refractivity contribution >= 4 is 22.6 Å². The summed E-state index contributed by atoms with van der Waals surface area (Å²) in [7, 11) is 0. The number of hydrogen-bond acceptors (Lipinski definition) is 6. The maximum Gasteiger partial charge on any atom is 0.229 e. The molecule has 6 nitrogen and oxygen atoms in total. The van der Waals surface area contributed by atoms with Crippen molar-refractivity contribution in [1.29, 1.82) is 0 Å². The third-order valence-electron chi connectivity index (χ3n) is 2.93. The Morgan fingerprint density at radius 2 is 1.79 bits per heavy atom. The minimum absolute atomic E-state index is 0.476. The monoisotopic (exact) mass is 382 g/mol. The fraction of sp³-hybridized carbons (Fsp3) is 0.500. The van der Waals surface area contributed by atoms with Gasteiger partial charge in [0.15, 0.2) is 0 Å². The van der Waals surface area contributed by atoms with E-state index in [1.165, 1.54) is 0 Å². The lowest BCUT2D eigenvalue weighted by Crippen LogP contribution is -2.60. The minimum atomic E-state index is -1.43. The Hall–Kier alpha value is -0.450. The van der Waals surface area contributed by atoms with Crippen molar-refractivity contribution in [2.45, 2.75) is 30.7 Å². The van der Waals surface area contributed by atoms with E-state index >= 15 is 0 Å². The number of rotatable bonds is 3. The van der Waals surface area contributed by atoms with Gasteiger partial charge in [-0.25, -0.2) is 0 Å². The lowest BCUT2D eigenvalue weighted by Gasteiger charge is -2.39. The summed E-state index contributed by atoms with van der Waals surface area (Å²) in [6, 6.07) is 7.12. The Labute approximate surface area is 123 Å². The van der Waals surface area contributed by atoms with Crippen molar-refractivity contribution < 1.29 is 29.9 Å². The van der Waals surface area contributed by atoms with E-state index in [9.17, 15) is 15.3 Å². The fourth-order valence-corrected chi connectivity index (χ4v) is 2.34. The van der Waals surface area contributed by atoms with Crippen LogP contribution in [0.2, 0.25) is 0 Å². The van der Waals surface area contributed by atoms with E-state index in [0.717, 1.165) is 3.57 Å². The molecule has 0 amide bonds. The highest BCUT2D eigenvalue weighted by atomic mass is 127. The number of para-hydroxylation sites is 1. The van der Waals surface area contributed by atoms with Crippen LogP contribution in [0.3, 0.4) is 0 Å². The van der Waals surface area contributed by atoms with Crippen LogP contribution in [-0.2, 0) is 4.74 Å². The van der Waals surface area contributed by atoms with Gasteiger partial charge in [0, 0.05) is 0 Å². The topological polar surface area (TPSA) is 99.4 Å². The van der Waals surface area contributed by atoms with E-state index in [1.807, 2.05) is 12.1 Å². The van der Waals surface area contributed by atoms with Crippen molar-refractivity contribution in [3.05, 3.63) is 27.8 Å². The molecule has 7 heteroatoms. The van der Waals surface area contributed by atoms with Crippen LogP contribution >= 0.6 is 22.6 Å². The fourth-order valence-electron chi connectivity index (χ4n) is 1.83. The van der Waals surface area contributed by atoms with Crippen LogP contribution in [0.1, 0.15) is 0 Å². The molecule has 1 aliphatic rings. The molecule has 19 heavy (non-hydrogen) atoms. The third-order valence-corrected chi connectivity index (χ3v) is 3.82. The average Bonchev–Trinajstić information content (AvgIpc) is 2.41. The molecule has 5 atom stereocenters. The Morgan fingerprint density at radius 1 is 1.11 bits per heavy atom. The Balaban J connectivity index is 2.13. The van der Waals surface area contributed by atoms with Gasteiger partial charge in [-0.2, -0.15) is 0 Å². The Kier molecular flexibility index (Phi) is 4.98. The van der Waals surface area contributed by atoms with E-state index in [0.29, 0.717) is 5.75 Å². The smallest absolute Gasteiger partial charge is 0.229 e. The van der Waals surface area contributed by atoms with Gasteiger partial charge in [0.05, 0.1) is 10.2 Å². The zero-order chi connectivity index (χ0) is 14.0. The third kappa shape index (κ3) is 3.18. The van der Waals surface area contributed by atoms with E-state index in [4.69, 9.17) is 14.6 Å². The summed E-state index contributed by atoms with van der Waals surface area (Å²) in [6.07, 6.45) is -6.32. The summed E-state index contributed by atoms with van der Waals surface area (Å²) < 4.78 is 11.6. The number of aliphatic hydroxyl groups excluding tert-OH is 4. The number of hydrogen-bond donors (Lipinski definition) is 4. The first-order chi connectivity index (χ1) is 9.04. The lowest BCUT2D eigenvalue weighted by molar-refractivity contribution is -0.277. The van der Waals surface area contributed by atoms with Crippen molar-refractivity contribution in [2.24, 2.45) is 0 Å². The number of ether oxygens (including phenoxy) is 2. The van der Waals surface area contributed by atoms with Crippen LogP contribution in [0.4, 0.5) is 0 Å². The lowest BCUT2D eigenvalue weighted by atomic mass is 9.99. The molecule has 0 radical (unpaired) electrons. The van der Waals surface area contributed by atoms with Crippen molar-refractivity contribution in [2.75, 3.05) is 6.61 Å². The van der Waals surface area contributed by atoms with Gasteiger partial charge in [-0.3, -0.25) is 0 Å². The molecule has 1 fully saturated rings. The molecule has 1 aliphatic heterocycles. The maximum atomic E-state index is 9.83. The van der Waals surface area contributed by atoms with Crippen LogP contribution in [0.5, 0.6) is 5.75 Å². The van der Waals surface area contributed by atoms with E-state index in [2.05, 4.69) is 22.6 Å². The van der Waals surface area contributed by atoms with Crippen LogP contribution in [0.25, 0.3) is 0 Å². The summed E-state index contributed by atoms with van der Waals surface area (Å²) in [6.45, 7) is -0.476. The van der Waals surface area contributed by atoms with Crippen LogP contribution < -0.4 is 4.74 Å². The summed E-state index contributed by atoms with van der Waals surface area (Å²) in [5.41, 5.74) is 0. The summed E-state index contributed by atoms with van der Waals surface area (Å²) >= 11 is 2.06. The molecule has 1 aromatic carbocycles.